The van der Waals surface area contributed by atoms with E-state index in [1.54, 1.807) is 0 Å². The van der Waals surface area contributed by atoms with E-state index in [-0.39, 0.29) is 11.6 Å². The van der Waals surface area contributed by atoms with E-state index in [0.717, 1.165) is 25.9 Å². The van der Waals surface area contributed by atoms with Gasteiger partial charge in [0.2, 0.25) is 0 Å². The molecule has 0 saturated carbocycles. The van der Waals surface area contributed by atoms with Crippen LogP contribution in [0.5, 0.6) is 0 Å². The van der Waals surface area contributed by atoms with E-state index in [9.17, 15) is 8.78 Å². The first-order valence-electron chi connectivity index (χ1n) is 6.94. The molecule has 0 aliphatic carbocycles. The zero-order chi connectivity index (χ0) is 13.7. The molecule has 2 aliphatic heterocycles. The predicted molar refractivity (Wildman–Crippen MR) is 66.3 cm³/mol. The number of rotatable bonds is 6. The predicted octanol–water partition coefficient (Wildman–Crippen LogP) is 1.57. The molecule has 2 N–H and O–H groups in total. The van der Waals surface area contributed by atoms with Crippen LogP contribution in [0.15, 0.2) is 0 Å². The Labute approximate surface area is 112 Å². The Hall–Kier alpha value is -0.300. The number of ether oxygens (including phenoxy) is 3. The lowest BCUT2D eigenvalue weighted by atomic mass is 9.80. The summed E-state index contributed by atoms with van der Waals surface area (Å²) < 4.78 is 40.0. The quantitative estimate of drug-likeness (QED) is 0.750. The second-order valence-electron chi connectivity index (χ2n) is 5.51. The van der Waals surface area contributed by atoms with Gasteiger partial charge in [-0.05, 0) is 25.2 Å². The summed E-state index contributed by atoms with van der Waals surface area (Å²) in [6.45, 7) is 1.90. The molecule has 0 bridgehead atoms. The number of nitrogens with two attached hydrogens (primary N) is 1. The average Bonchev–Trinajstić information content (AvgIpc) is 2.82. The van der Waals surface area contributed by atoms with Crippen LogP contribution in [0.4, 0.5) is 8.78 Å². The molecule has 6 heteroatoms. The monoisotopic (exact) mass is 279 g/mol. The third-order valence-corrected chi connectivity index (χ3v) is 4.04. The Morgan fingerprint density at radius 2 is 2.21 bits per heavy atom. The maximum Gasteiger partial charge on any atom is 0.261 e. The molecule has 4 nitrogen and oxygen atoms in total. The summed E-state index contributed by atoms with van der Waals surface area (Å²) in [5.41, 5.74) is 6.00. The summed E-state index contributed by atoms with van der Waals surface area (Å²) in [4.78, 5) is 0. The van der Waals surface area contributed by atoms with E-state index in [4.69, 9.17) is 19.9 Å². The molecular weight excluding hydrogens is 256 g/mol. The van der Waals surface area contributed by atoms with Gasteiger partial charge in [-0.25, -0.2) is 8.78 Å². The molecule has 0 amide bonds. The first kappa shape index (κ1) is 15.1. The fraction of sp³-hybridized carbons (Fsp3) is 1.00. The van der Waals surface area contributed by atoms with Crippen LogP contribution in [0, 0.1) is 5.92 Å². The van der Waals surface area contributed by atoms with Crippen LogP contribution in [-0.4, -0.2) is 51.1 Å². The lowest BCUT2D eigenvalue weighted by Crippen LogP contribution is -2.46. The van der Waals surface area contributed by atoms with Crippen molar-refractivity contribution in [3.63, 3.8) is 0 Å². The van der Waals surface area contributed by atoms with Gasteiger partial charge in [0.1, 0.15) is 6.61 Å². The topological polar surface area (TPSA) is 53.7 Å². The van der Waals surface area contributed by atoms with E-state index < -0.39 is 13.0 Å². The molecule has 0 radical (unpaired) electrons. The van der Waals surface area contributed by atoms with Crippen molar-refractivity contribution >= 4 is 0 Å². The highest BCUT2D eigenvalue weighted by Crippen LogP contribution is 2.37. The van der Waals surface area contributed by atoms with Gasteiger partial charge in [0.05, 0.1) is 12.2 Å². The summed E-state index contributed by atoms with van der Waals surface area (Å²) in [5, 5.41) is 0. The van der Waals surface area contributed by atoms with Crippen molar-refractivity contribution in [1.29, 1.82) is 0 Å². The SMILES string of the molecule is NC(CCOCC(F)F)C1CCOC2(CCOC2)C1. The number of halogens is 2. The fourth-order valence-corrected chi connectivity index (χ4v) is 2.92. The summed E-state index contributed by atoms with van der Waals surface area (Å²) in [6.07, 6.45) is 0.978. The first-order valence-corrected chi connectivity index (χ1v) is 6.94. The van der Waals surface area contributed by atoms with Crippen LogP contribution in [-0.2, 0) is 14.2 Å². The largest absolute Gasteiger partial charge is 0.378 e. The third-order valence-electron chi connectivity index (χ3n) is 4.04. The van der Waals surface area contributed by atoms with E-state index >= 15 is 0 Å². The Morgan fingerprint density at radius 3 is 2.89 bits per heavy atom. The first-order chi connectivity index (χ1) is 9.11. The van der Waals surface area contributed by atoms with Crippen LogP contribution in [0.25, 0.3) is 0 Å². The van der Waals surface area contributed by atoms with Crippen molar-refractivity contribution in [3.05, 3.63) is 0 Å². The van der Waals surface area contributed by atoms with E-state index in [1.807, 2.05) is 0 Å². The molecule has 3 unspecified atom stereocenters. The van der Waals surface area contributed by atoms with Crippen LogP contribution < -0.4 is 5.73 Å². The van der Waals surface area contributed by atoms with Gasteiger partial charge in [0.25, 0.3) is 6.43 Å². The van der Waals surface area contributed by atoms with Gasteiger partial charge in [-0.2, -0.15) is 0 Å². The van der Waals surface area contributed by atoms with Gasteiger partial charge in [-0.3, -0.25) is 0 Å². The van der Waals surface area contributed by atoms with Crippen molar-refractivity contribution in [2.45, 2.75) is 43.8 Å². The lowest BCUT2D eigenvalue weighted by Gasteiger charge is -2.39. The van der Waals surface area contributed by atoms with Crippen molar-refractivity contribution in [2.75, 3.05) is 33.0 Å². The van der Waals surface area contributed by atoms with E-state index in [0.29, 0.717) is 32.2 Å². The second-order valence-corrected chi connectivity index (χ2v) is 5.51. The molecule has 2 saturated heterocycles. The minimum atomic E-state index is -2.40. The molecule has 19 heavy (non-hydrogen) atoms. The number of hydrogen-bond acceptors (Lipinski definition) is 4. The van der Waals surface area contributed by atoms with Crippen molar-refractivity contribution < 1.29 is 23.0 Å². The Kier molecular flexibility index (Phi) is 5.50. The lowest BCUT2D eigenvalue weighted by molar-refractivity contribution is -0.102. The van der Waals surface area contributed by atoms with Gasteiger partial charge in [-0.1, -0.05) is 0 Å². The van der Waals surface area contributed by atoms with Gasteiger partial charge in [-0.15, -0.1) is 0 Å². The van der Waals surface area contributed by atoms with Gasteiger partial charge >= 0.3 is 0 Å². The molecule has 2 rings (SSSR count). The normalized spacial score (nSPS) is 33.2. The second kappa shape index (κ2) is 6.92. The summed E-state index contributed by atoms with van der Waals surface area (Å²) in [5.74, 6) is 0.366. The zero-order valence-electron chi connectivity index (χ0n) is 11.2. The van der Waals surface area contributed by atoms with Gasteiger partial charge in [0, 0.05) is 32.3 Å². The molecule has 0 aromatic carbocycles. The Morgan fingerprint density at radius 1 is 1.37 bits per heavy atom. The van der Waals surface area contributed by atoms with E-state index in [1.165, 1.54) is 0 Å². The molecular formula is C13H23F2NO3. The molecule has 0 aromatic rings. The number of alkyl halides is 2. The van der Waals surface area contributed by atoms with Crippen LogP contribution in [0.2, 0.25) is 0 Å². The molecule has 112 valence electrons. The van der Waals surface area contributed by atoms with E-state index in [2.05, 4.69) is 0 Å². The van der Waals surface area contributed by atoms with Gasteiger partial charge in [0.15, 0.2) is 0 Å². The van der Waals surface area contributed by atoms with Crippen LogP contribution in [0.1, 0.15) is 25.7 Å². The van der Waals surface area contributed by atoms with Crippen molar-refractivity contribution in [2.24, 2.45) is 11.7 Å². The Balaban J connectivity index is 1.71. The molecule has 2 heterocycles. The molecule has 0 aromatic heterocycles. The molecule has 2 aliphatic rings. The third kappa shape index (κ3) is 4.34. The van der Waals surface area contributed by atoms with Crippen molar-refractivity contribution in [1.82, 2.24) is 0 Å². The molecule has 3 atom stereocenters. The number of hydrogen-bond donors (Lipinski definition) is 1. The highest BCUT2D eigenvalue weighted by atomic mass is 19.3. The molecule has 2 fully saturated rings. The summed E-state index contributed by atoms with van der Waals surface area (Å²) >= 11 is 0. The molecule has 1 spiro atoms. The maximum absolute atomic E-state index is 11.9. The Bertz CT molecular complexity index is 273. The smallest absolute Gasteiger partial charge is 0.261 e. The van der Waals surface area contributed by atoms with Crippen molar-refractivity contribution in [3.8, 4) is 0 Å². The maximum atomic E-state index is 11.9. The zero-order valence-corrected chi connectivity index (χ0v) is 11.2. The van der Waals surface area contributed by atoms with Gasteiger partial charge < -0.3 is 19.9 Å². The summed E-state index contributed by atoms with van der Waals surface area (Å²) in [7, 11) is 0. The highest BCUT2D eigenvalue weighted by Gasteiger charge is 2.42. The highest BCUT2D eigenvalue weighted by molar-refractivity contribution is 4.92. The average molecular weight is 279 g/mol. The minimum absolute atomic E-state index is 0.0148. The van der Waals surface area contributed by atoms with Crippen LogP contribution >= 0.6 is 0 Å². The standard InChI is InChI=1S/C13H23F2NO3/c14-12(15)8-17-4-2-11(16)10-1-5-19-13(7-10)3-6-18-9-13/h10-12H,1-9,16H2. The minimum Gasteiger partial charge on any atom is -0.378 e. The van der Waals surface area contributed by atoms with Crippen LogP contribution in [0.3, 0.4) is 0 Å². The fourth-order valence-electron chi connectivity index (χ4n) is 2.92. The summed E-state index contributed by atoms with van der Waals surface area (Å²) in [6, 6.07) is -0.0148.